The second-order valence-corrected chi connectivity index (χ2v) is 6.68. The van der Waals surface area contributed by atoms with Crippen molar-refractivity contribution in [1.29, 1.82) is 0 Å². The summed E-state index contributed by atoms with van der Waals surface area (Å²) in [6.45, 7) is 7.38. The van der Waals surface area contributed by atoms with Gasteiger partial charge < -0.3 is 29.2 Å². The Kier molecular flexibility index (Phi) is 7.07. The fourth-order valence-corrected chi connectivity index (χ4v) is 2.69. The molecule has 0 spiro atoms. The van der Waals surface area contributed by atoms with Gasteiger partial charge in [0, 0.05) is 0 Å². The topological polar surface area (TPSA) is 125 Å². The maximum Gasteiger partial charge on any atom is 0.360 e. The number of aliphatic hydroxyl groups is 2. The lowest BCUT2D eigenvalue weighted by Crippen LogP contribution is -2.60. The highest BCUT2D eigenvalue weighted by molar-refractivity contribution is 5.86. The van der Waals surface area contributed by atoms with E-state index in [-0.39, 0.29) is 24.4 Å². The van der Waals surface area contributed by atoms with Gasteiger partial charge in [-0.3, -0.25) is 0 Å². The number of rotatable bonds is 7. The first kappa shape index (κ1) is 20.7. The van der Waals surface area contributed by atoms with Crippen molar-refractivity contribution in [3.63, 3.8) is 0 Å². The Morgan fingerprint density at radius 2 is 1.88 bits per heavy atom. The molecule has 26 heavy (non-hydrogen) atoms. The third kappa shape index (κ3) is 4.98. The maximum absolute atomic E-state index is 11.5. The van der Waals surface area contributed by atoms with Crippen molar-refractivity contribution in [1.82, 2.24) is 15.0 Å². The average molecular weight is 373 g/mol. The summed E-state index contributed by atoms with van der Waals surface area (Å²) >= 11 is 0. The second kappa shape index (κ2) is 8.87. The Bertz CT molecular complexity index is 592. The van der Waals surface area contributed by atoms with Gasteiger partial charge in [-0.2, -0.15) is 0 Å². The Morgan fingerprint density at radius 3 is 2.46 bits per heavy atom. The van der Waals surface area contributed by atoms with Gasteiger partial charge in [0.05, 0.1) is 32.1 Å². The highest BCUT2D eigenvalue weighted by atomic mass is 16.7. The molecule has 2 N–H and O–H groups in total. The van der Waals surface area contributed by atoms with Crippen LogP contribution in [-0.2, 0) is 25.5 Å². The van der Waals surface area contributed by atoms with Crippen LogP contribution >= 0.6 is 0 Å². The first-order valence-electron chi connectivity index (χ1n) is 8.53. The molecule has 148 valence electrons. The zero-order valence-electron chi connectivity index (χ0n) is 15.6. The van der Waals surface area contributed by atoms with Crippen molar-refractivity contribution in [3.05, 3.63) is 11.9 Å². The van der Waals surface area contributed by atoms with Crippen LogP contribution in [0.2, 0.25) is 0 Å². The average Bonchev–Trinajstić information content (AvgIpc) is 3.03. The minimum Gasteiger partial charge on any atom is -0.464 e. The van der Waals surface area contributed by atoms with Gasteiger partial charge in [0.1, 0.15) is 24.4 Å². The van der Waals surface area contributed by atoms with Crippen molar-refractivity contribution in [2.24, 2.45) is 0 Å². The van der Waals surface area contributed by atoms with Gasteiger partial charge in [0.15, 0.2) is 12.0 Å². The van der Waals surface area contributed by atoms with E-state index in [1.54, 1.807) is 13.8 Å². The number of carbonyl (C=O) groups is 1. The third-order valence-electron chi connectivity index (χ3n) is 3.78. The summed E-state index contributed by atoms with van der Waals surface area (Å²) in [5, 5.41) is 28.4. The van der Waals surface area contributed by atoms with Crippen LogP contribution in [0.4, 0.5) is 0 Å². The van der Waals surface area contributed by atoms with Gasteiger partial charge in [0.25, 0.3) is 0 Å². The Labute approximate surface area is 152 Å². The van der Waals surface area contributed by atoms with E-state index < -0.39 is 36.7 Å². The molecule has 1 saturated heterocycles. The molecule has 1 aliphatic rings. The smallest absolute Gasteiger partial charge is 0.360 e. The number of aliphatic hydroxyl groups excluding tert-OH is 2. The van der Waals surface area contributed by atoms with E-state index in [0.717, 1.165) is 0 Å². The maximum atomic E-state index is 11.5. The summed E-state index contributed by atoms with van der Waals surface area (Å²) in [6, 6.07) is 0. The predicted molar refractivity (Wildman–Crippen MR) is 88.3 cm³/mol. The molecule has 2 rings (SSSR count). The van der Waals surface area contributed by atoms with Crippen LogP contribution in [0.1, 0.15) is 38.2 Å². The fourth-order valence-electron chi connectivity index (χ4n) is 2.69. The quantitative estimate of drug-likeness (QED) is 0.621. The molecule has 2 heterocycles. The van der Waals surface area contributed by atoms with Crippen LogP contribution in [0.3, 0.4) is 0 Å². The Hall–Kier alpha value is -1.59. The number of nitrogens with zero attached hydrogens (tertiary/aromatic N) is 3. The SMILES string of the molecule is COC(=O)c1cn(CC2O[C@@H](OC(C)C)C(O)C(O)[C@@H]2OC(C)C)nn1. The lowest BCUT2D eigenvalue weighted by Gasteiger charge is -2.43. The van der Waals surface area contributed by atoms with E-state index in [4.69, 9.17) is 14.2 Å². The molecule has 1 aromatic heterocycles. The largest absolute Gasteiger partial charge is 0.464 e. The molecular formula is C16H27N3O7. The molecule has 1 aromatic rings. The number of methoxy groups -OCH3 is 1. The molecule has 1 fully saturated rings. The van der Waals surface area contributed by atoms with Crippen LogP contribution in [0.25, 0.3) is 0 Å². The second-order valence-electron chi connectivity index (χ2n) is 6.68. The minimum atomic E-state index is -1.25. The number of esters is 1. The molecule has 10 heteroatoms. The normalized spacial score (nSPS) is 29.3. The van der Waals surface area contributed by atoms with Crippen LogP contribution in [0, 0.1) is 0 Å². The Morgan fingerprint density at radius 1 is 1.23 bits per heavy atom. The number of aromatic nitrogens is 3. The van der Waals surface area contributed by atoms with Gasteiger partial charge >= 0.3 is 5.97 Å². The molecule has 1 aliphatic heterocycles. The highest BCUT2D eigenvalue weighted by Crippen LogP contribution is 2.27. The van der Waals surface area contributed by atoms with Crippen LogP contribution in [0.5, 0.6) is 0 Å². The lowest BCUT2D eigenvalue weighted by atomic mass is 9.98. The standard InChI is InChI=1S/C16H27N3O7/c1-8(2)24-14-11(7-19-6-10(17-18-19)15(22)23-5)26-16(25-9(3)4)13(21)12(14)20/h6,8-9,11-14,16,20-21H,7H2,1-5H3/t11?,12?,13?,14-,16-/m1/s1. The van der Waals surface area contributed by atoms with Crippen LogP contribution in [-0.4, -0.2) is 81.2 Å². The molecule has 0 radical (unpaired) electrons. The van der Waals surface area contributed by atoms with E-state index in [1.165, 1.54) is 18.0 Å². The van der Waals surface area contributed by atoms with E-state index >= 15 is 0 Å². The number of hydrogen-bond acceptors (Lipinski definition) is 9. The summed E-state index contributed by atoms with van der Waals surface area (Å²) in [4.78, 5) is 11.5. The summed E-state index contributed by atoms with van der Waals surface area (Å²) in [5.41, 5.74) is 0.0557. The van der Waals surface area contributed by atoms with Crippen LogP contribution in [0.15, 0.2) is 6.20 Å². The van der Waals surface area contributed by atoms with E-state index in [9.17, 15) is 15.0 Å². The van der Waals surface area contributed by atoms with Gasteiger partial charge in [-0.1, -0.05) is 5.21 Å². The zero-order chi connectivity index (χ0) is 19.4. The molecule has 10 nitrogen and oxygen atoms in total. The highest BCUT2D eigenvalue weighted by Gasteiger charge is 2.46. The monoisotopic (exact) mass is 373 g/mol. The van der Waals surface area contributed by atoms with Crippen molar-refractivity contribution in [2.75, 3.05) is 7.11 Å². The predicted octanol–water partition coefficient (Wildman–Crippen LogP) is -0.270. The van der Waals surface area contributed by atoms with Crippen molar-refractivity contribution >= 4 is 5.97 Å². The fraction of sp³-hybridized carbons (Fsp3) is 0.812. The Balaban J connectivity index is 2.19. The molecule has 0 aliphatic carbocycles. The zero-order valence-corrected chi connectivity index (χ0v) is 15.6. The molecule has 5 atom stereocenters. The molecule has 0 bridgehead atoms. The molecule has 0 saturated carbocycles. The minimum absolute atomic E-state index is 0.0557. The van der Waals surface area contributed by atoms with Gasteiger partial charge in [-0.15, -0.1) is 5.10 Å². The molecule has 0 aromatic carbocycles. The van der Waals surface area contributed by atoms with Gasteiger partial charge in [-0.25, -0.2) is 9.48 Å². The van der Waals surface area contributed by atoms with Crippen molar-refractivity contribution in [2.45, 2.75) is 77.2 Å². The third-order valence-corrected chi connectivity index (χ3v) is 3.78. The number of hydrogen-bond donors (Lipinski definition) is 2. The molecule has 3 unspecified atom stereocenters. The van der Waals surface area contributed by atoms with E-state index in [1.807, 2.05) is 13.8 Å². The van der Waals surface area contributed by atoms with Crippen molar-refractivity contribution < 1.29 is 34.0 Å². The van der Waals surface area contributed by atoms with E-state index in [0.29, 0.717) is 0 Å². The summed E-state index contributed by atoms with van der Waals surface area (Å²) in [6.07, 6.45) is -3.93. The molecule has 0 amide bonds. The number of carbonyl (C=O) groups excluding carboxylic acids is 1. The first-order valence-corrected chi connectivity index (χ1v) is 8.53. The number of ether oxygens (including phenoxy) is 4. The summed E-state index contributed by atoms with van der Waals surface area (Å²) < 4.78 is 23.1. The van der Waals surface area contributed by atoms with E-state index in [2.05, 4.69) is 15.0 Å². The van der Waals surface area contributed by atoms with Gasteiger partial charge in [-0.05, 0) is 27.7 Å². The summed E-state index contributed by atoms with van der Waals surface area (Å²) in [5.74, 6) is -0.604. The molecular weight excluding hydrogens is 346 g/mol. The lowest BCUT2D eigenvalue weighted by molar-refractivity contribution is -0.316. The van der Waals surface area contributed by atoms with Crippen LogP contribution < -0.4 is 0 Å². The summed E-state index contributed by atoms with van der Waals surface area (Å²) in [7, 11) is 1.25. The van der Waals surface area contributed by atoms with Gasteiger partial charge in [0.2, 0.25) is 0 Å². The first-order chi connectivity index (χ1) is 12.2. The van der Waals surface area contributed by atoms with Crippen molar-refractivity contribution in [3.8, 4) is 0 Å².